The molecule has 1 aromatic rings. The molecule has 1 rings (SSSR count). The SMILES string of the molecule is CCOC(C)(C)CNc1cnn(CC(C)C)c(=O)c1Br. The molecule has 0 saturated heterocycles. The second-order valence-electron chi connectivity index (χ2n) is 5.80. The summed E-state index contributed by atoms with van der Waals surface area (Å²) in [4.78, 5) is 12.2. The third-order valence-electron chi connectivity index (χ3n) is 2.76. The maximum Gasteiger partial charge on any atom is 0.283 e. The predicted molar refractivity (Wildman–Crippen MR) is 85.2 cm³/mol. The lowest BCUT2D eigenvalue weighted by Gasteiger charge is -2.25. The Morgan fingerprint density at radius 3 is 2.70 bits per heavy atom. The van der Waals surface area contributed by atoms with Crippen LogP contribution in [0.3, 0.4) is 0 Å². The molecule has 0 aliphatic carbocycles. The first-order valence-corrected chi connectivity index (χ1v) is 7.69. The van der Waals surface area contributed by atoms with Crippen LogP contribution in [0, 0.1) is 5.92 Å². The van der Waals surface area contributed by atoms with Gasteiger partial charge in [0.15, 0.2) is 0 Å². The average molecular weight is 346 g/mol. The number of ether oxygens (including phenoxy) is 1. The van der Waals surface area contributed by atoms with Crippen molar-refractivity contribution in [2.45, 2.75) is 46.8 Å². The Kier molecular flexibility index (Phi) is 6.20. The second kappa shape index (κ2) is 7.22. The first-order valence-electron chi connectivity index (χ1n) is 6.90. The van der Waals surface area contributed by atoms with Gasteiger partial charge in [0, 0.05) is 19.7 Å². The van der Waals surface area contributed by atoms with Crippen LogP contribution in [0.5, 0.6) is 0 Å². The Labute approximate surface area is 128 Å². The molecule has 0 radical (unpaired) electrons. The van der Waals surface area contributed by atoms with Gasteiger partial charge in [-0.1, -0.05) is 13.8 Å². The van der Waals surface area contributed by atoms with Crippen molar-refractivity contribution in [2.75, 3.05) is 18.5 Å². The molecule has 1 N–H and O–H groups in total. The van der Waals surface area contributed by atoms with Gasteiger partial charge in [-0.25, -0.2) is 4.68 Å². The van der Waals surface area contributed by atoms with Gasteiger partial charge >= 0.3 is 0 Å². The lowest BCUT2D eigenvalue weighted by molar-refractivity contribution is 0.000680. The zero-order valence-corrected chi connectivity index (χ0v) is 14.5. The Balaban J connectivity index is 2.83. The maximum absolute atomic E-state index is 12.2. The molecule has 0 aliphatic rings. The van der Waals surface area contributed by atoms with E-state index < -0.39 is 0 Å². The van der Waals surface area contributed by atoms with Crippen molar-refractivity contribution < 1.29 is 4.74 Å². The zero-order valence-electron chi connectivity index (χ0n) is 12.9. The van der Waals surface area contributed by atoms with E-state index in [1.165, 1.54) is 4.68 Å². The number of nitrogens with one attached hydrogen (secondary N) is 1. The largest absolute Gasteiger partial charge is 0.380 e. The van der Waals surface area contributed by atoms with E-state index in [0.29, 0.717) is 35.8 Å². The zero-order chi connectivity index (χ0) is 15.3. The second-order valence-corrected chi connectivity index (χ2v) is 6.59. The normalized spacial score (nSPS) is 11.9. The molecule has 0 amide bonds. The molecule has 0 unspecified atom stereocenters. The van der Waals surface area contributed by atoms with E-state index in [1.54, 1.807) is 6.20 Å². The van der Waals surface area contributed by atoms with Crippen molar-refractivity contribution >= 4 is 21.6 Å². The van der Waals surface area contributed by atoms with Gasteiger partial charge in [-0.3, -0.25) is 4.79 Å². The highest BCUT2D eigenvalue weighted by molar-refractivity contribution is 9.10. The standard InChI is InChI=1S/C14H24BrN3O2/c1-6-20-14(4,5)9-16-11-7-17-18(8-10(2)3)13(19)12(11)15/h7,10,16H,6,8-9H2,1-5H3. The summed E-state index contributed by atoms with van der Waals surface area (Å²) in [5.41, 5.74) is 0.293. The third-order valence-corrected chi connectivity index (χ3v) is 3.53. The van der Waals surface area contributed by atoms with Crippen LogP contribution in [0.25, 0.3) is 0 Å². The minimum Gasteiger partial charge on any atom is -0.380 e. The monoisotopic (exact) mass is 345 g/mol. The van der Waals surface area contributed by atoms with Crippen molar-refractivity contribution in [3.05, 3.63) is 21.0 Å². The molecule has 0 saturated carbocycles. The molecule has 20 heavy (non-hydrogen) atoms. The van der Waals surface area contributed by atoms with E-state index in [2.05, 4.69) is 40.2 Å². The fraction of sp³-hybridized carbons (Fsp3) is 0.714. The van der Waals surface area contributed by atoms with Crippen molar-refractivity contribution in [1.29, 1.82) is 0 Å². The van der Waals surface area contributed by atoms with Crippen LogP contribution >= 0.6 is 15.9 Å². The Morgan fingerprint density at radius 2 is 2.15 bits per heavy atom. The Hall–Kier alpha value is -0.880. The smallest absolute Gasteiger partial charge is 0.283 e. The third kappa shape index (κ3) is 4.90. The summed E-state index contributed by atoms with van der Waals surface area (Å²) in [6.07, 6.45) is 1.68. The number of hydrogen-bond acceptors (Lipinski definition) is 4. The van der Waals surface area contributed by atoms with Gasteiger partial charge < -0.3 is 10.1 Å². The molecular weight excluding hydrogens is 322 g/mol. The van der Waals surface area contributed by atoms with Crippen molar-refractivity contribution in [3.63, 3.8) is 0 Å². The summed E-state index contributed by atoms with van der Waals surface area (Å²) in [6, 6.07) is 0. The van der Waals surface area contributed by atoms with Gasteiger partial charge in [0.25, 0.3) is 5.56 Å². The number of halogens is 1. The summed E-state index contributed by atoms with van der Waals surface area (Å²) in [7, 11) is 0. The molecule has 0 fully saturated rings. The molecule has 0 aliphatic heterocycles. The van der Waals surface area contributed by atoms with Crippen LogP contribution in [-0.4, -0.2) is 28.5 Å². The van der Waals surface area contributed by atoms with Crippen LogP contribution in [0.4, 0.5) is 5.69 Å². The van der Waals surface area contributed by atoms with E-state index in [9.17, 15) is 4.79 Å². The van der Waals surface area contributed by atoms with E-state index in [0.717, 1.165) is 0 Å². The molecule has 1 heterocycles. The summed E-state index contributed by atoms with van der Waals surface area (Å²) >= 11 is 3.35. The van der Waals surface area contributed by atoms with Crippen molar-refractivity contribution in [2.24, 2.45) is 5.92 Å². The molecule has 6 heteroatoms. The highest BCUT2D eigenvalue weighted by Gasteiger charge is 2.18. The van der Waals surface area contributed by atoms with E-state index in [1.807, 2.05) is 20.8 Å². The van der Waals surface area contributed by atoms with Crippen LogP contribution in [0.1, 0.15) is 34.6 Å². The number of hydrogen-bond donors (Lipinski definition) is 1. The highest BCUT2D eigenvalue weighted by atomic mass is 79.9. The van der Waals surface area contributed by atoms with Crippen LogP contribution in [-0.2, 0) is 11.3 Å². The first kappa shape index (κ1) is 17.2. The van der Waals surface area contributed by atoms with Crippen LogP contribution in [0.15, 0.2) is 15.5 Å². The number of nitrogens with zero attached hydrogens (tertiary/aromatic N) is 2. The summed E-state index contributed by atoms with van der Waals surface area (Å²) in [6.45, 7) is 12.0. The highest BCUT2D eigenvalue weighted by Crippen LogP contribution is 2.18. The predicted octanol–water partition coefficient (Wildman–Crippen LogP) is 2.89. The number of rotatable bonds is 7. The molecule has 0 bridgehead atoms. The fourth-order valence-electron chi connectivity index (χ4n) is 1.81. The Morgan fingerprint density at radius 1 is 1.50 bits per heavy atom. The van der Waals surface area contributed by atoms with Gasteiger partial charge in [0.1, 0.15) is 4.47 Å². The average Bonchev–Trinajstić information content (AvgIpc) is 2.33. The van der Waals surface area contributed by atoms with Crippen molar-refractivity contribution in [1.82, 2.24) is 9.78 Å². The number of anilines is 1. The molecule has 0 spiro atoms. The van der Waals surface area contributed by atoms with Gasteiger partial charge in [-0.05, 0) is 42.6 Å². The fourth-order valence-corrected chi connectivity index (χ4v) is 2.26. The van der Waals surface area contributed by atoms with Crippen molar-refractivity contribution in [3.8, 4) is 0 Å². The van der Waals surface area contributed by atoms with Gasteiger partial charge in [-0.15, -0.1) is 0 Å². The summed E-state index contributed by atoms with van der Waals surface area (Å²) in [5, 5.41) is 7.41. The lowest BCUT2D eigenvalue weighted by atomic mass is 10.1. The molecule has 5 nitrogen and oxygen atoms in total. The minimum absolute atomic E-state index is 0.113. The molecule has 114 valence electrons. The van der Waals surface area contributed by atoms with Crippen LogP contribution < -0.4 is 10.9 Å². The molecule has 1 aromatic heterocycles. The lowest BCUT2D eigenvalue weighted by Crippen LogP contribution is -2.34. The van der Waals surface area contributed by atoms with Gasteiger partial charge in [0.2, 0.25) is 0 Å². The van der Waals surface area contributed by atoms with Gasteiger partial charge in [-0.2, -0.15) is 5.10 Å². The Bertz CT molecular complexity index is 498. The molecular formula is C14H24BrN3O2. The van der Waals surface area contributed by atoms with Gasteiger partial charge in [0.05, 0.1) is 17.5 Å². The first-order chi connectivity index (χ1) is 9.26. The summed E-state index contributed by atoms with van der Waals surface area (Å²) in [5.74, 6) is 0.378. The van der Waals surface area contributed by atoms with Crippen LogP contribution in [0.2, 0.25) is 0 Å². The minimum atomic E-state index is -0.291. The number of aromatic nitrogens is 2. The van der Waals surface area contributed by atoms with E-state index in [-0.39, 0.29) is 11.2 Å². The quantitative estimate of drug-likeness (QED) is 0.825. The topological polar surface area (TPSA) is 56.1 Å². The van der Waals surface area contributed by atoms with E-state index >= 15 is 0 Å². The maximum atomic E-state index is 12.2. The molecule has 0 aromatic carbocycles. The van der Waals surface area contributed by atoms with E-state index in [4.69, 9.17) is 4.74 Å². The molecule has 0 atom stereocenters. The summed E-state index contributed by atoms with van der Waals surface area (Å²) < 4.78 is 7.61.